The number of sulfonamides is 1. The molecule has 0 fully saturated rings. The van der Waals surface area contributed by atoms with Gasteiger partial charge in [-0.3, -0.25) is 19.1 Å². The number of imide groups is 1. The maximum Gasteiger partial charge on any atom is 0.266 e. The summed E-state index contributed by atoms with van der Waals surface area (Å²) in [4.78, 5) is 39.6. The highest BCUT2D eigenvalue weighted by Gasteiger charge is 2.37. The van der Waals surface area contributed by atoms with Gasteiger partial charge >= 0.3 is 0 Å². The molecular formula is C27H19N3O5S. The van der Waals surface area contributed by atoms with Crippen molar-refractivity contribution in [2.75, 3.05) is 14.9 Å². The molecule has 8 nitrogen and oxygen atoms in total. The van der Waals surface area contributed by atoms with E-state index in [2.05, 4.69) is 10.0 Å². The van der Waals surface area contributed by atoms with Gasteiger partial charge in [0, 0.05) is 16.9 Å². The first kappa shape index (κ1) is 23.0. The van der Waals surface area contributed by atoms with Crippen molar-refractivity contribution < 1.29 is 22.8 Å². The molecular weight excluding hydrogens is 478 g/mol. The minimum Gasteiger partial charge on any atom is -0.322 e. The molecule has 0 saturated carbocycles. The maximum absolute atomic E-state index is 13.1. The number of fused-ring (bicyclic) bond motifs is 1. The first-order valence-corrected chi connectivity index (χ1v) is 12.4. The summed E-state index contributed by atoms with van der Waals surface area (Å²) in [5, 5.41) is 2.73. The fraction of sp³-hybridized carbons (Fsp3) is 0. The Kier molecular flexibility index (Phi) is 5.83. The van der Waals surface area contributed by atoms with Gasteiger partial charge in [-0.05, 0) is 66.7 Å². The number of rotatable bonds is 6. The zero-order valence-corrected chi connectivity index (χ0v) is 19.5. The molecule has 3 amide bonds. The molecule has 0 atom stereocenters. The second kappa shape index (κ2) is 9.12. The van der Waals surface area contributed by atoms with Gasteiger partial charge in [-0.15, -0.1) is 0 Å². The summed E-state index contributed by atoms with van der Waals surface area (Å²) in [5.41, 5.74) is 1.80. The molecule has 1 aliphatic heterocycles. The van der Waals surface area contributed by atoms with Crippen molar-refractivity contribution in [3.05, 3.63) is 120 Å². The zero-order chi connectivity index (χ0) is 25.3. The summed E-state index contributed by atoms with van der Waals surface area (Å²) in [6, 6.07) is 27.0. The summed E-state index contributed by atoms with van der Waals surface area (Å²) in [5.74, 6) is -1.38. The van der Waals surface area contributed by atoms with Crippen molar-refractivity contribution in [1.82, 2.24) is 0 Å². The van der Waals surface area contributed by atoms with Crippen LogP contribution < -0.4 is 14.9 Å². The average Bonchev–Trinajstić information content (AvgIpc) is 3.14. The molecule has 0 radical (unpaired) electrons. The molecule has 0 bridgehead atoms. The summed E-state index contributed by atoms with van der Waals surface area (Å²) < 4.78 is 27.5. The third kappa shape index (κ3) is 4.35. The number of benzene rings is 4. The van der Waals surface area contributed by atoms with Crippen LogP contribution in [0.3, 0.4) is 0 Å². The summed E-state index contributed by atoms with van der Waals surface area (Å²) >= 11 is 0. The van der Waals surface area contributed by atoms with Crippen LogP contribution >= 0.6 is 0 Å². The second-order valence-corrected chi connectivity index (χ2v) is 9.67. The third-order valence-electron chi connectivity index (χ3n) is 5.61. The van der Waals surface area contributed by atoms with Crippen molar-refractivity contribution in [2.45, 2.75) is 4.90 Å². The molecule has 1 aliphatic rings. The first-order valence-electron chi connectivity index (χ1n) is 10.9. The predicted molar refractivity (Wildman–Crippen MR) is 136 cm³/mol. The number of carbonyl (C=O) groups is 3. The standard InChI is InChI=1S/C27H19N3O5S/c31-25(18-7-3-1-4-8-18)28-20-13-16-23-24(17-20)27(33)30(26(23)32)21-14-11-19(12-15-21)29-36(34,35)22-9-5-2-6-10-22/h1-17,29H,(H,28,31). The number of nitrogens with one attached hydrogen (secondary N) is 2. The van der Waals surface area contributed by atoms with E-state index in [0.29, 0.717) is 16.9 Å². The van der Waals surface area contributed by atoms with Crippen LogP contribution in [0.1, 0.15) is 31.1 Å². The molecule has 2 N–H and O–H groups in total. The number of hydrogen-bond acceptors (Lipinski definition) is 5. The summed E-state index contributed by atoms with van der Waals surface area (Å²) in [6.07, 6.45) is 0. The highest BCUT2D eigenvalue weighted by Crippen LogP contribution is 2.31. The van der Waals surface area contributed by atoms with Gasteiger partial charge < -0.3 is 5.32 Å². The molecule has 4 aromatic rings. The molecule has 4 aromatic carbocycles. The van der Waals surface area contributed by atoms with Crippen LogP contribution in [0.5, 0.6) is 0 Å². The molecule has 0 spiro atoms. The van der Waals surface area contributed by atoms with Gasteiger partial charge in [0.05, 0.1) is 21.7 Å². The van der Waals surface area contributed by atoms with Crippen LogP contribution in [0, 0.1) is 0 Å². The Hall–Kier alpha value is -4.76. The van der Waals surface area contributed by atoms with E-state index in [1.807, 2.05) is 0 Å². The van der Waals surface area contributed by atoms with Crippen LogP contribution in [0.2, 0.25) is 0 Å². The van der Waals surface area contributed by atoms with Gasteiger partial charge in [0.15, 0.2) is 0 Å². The smallest absolute Gasteiger partial charge is 0.266 e. The van der Waals surface area contributed by atoms with E-state index in [1.165, 1.54) is 48.5 Å². The second-order valence-electron chi connectivity index (χ2n) is 7.99. The third-order valence-corrected chi connectivity index (χ3v) is 7.01. The molecule has 1 heterocycles. The van der Waals surface area contributed by atoms with Crippen molar-refractivity contribution >= 4 is 44.8 Å². The predicted octanol–water partition coefficient (Wildman–Crippen LogP) is 4.54. The average molecular weight is 498 g/mol. The Morgan fingerprint density at radius 2 is 1.25 bits per heavy atom. The molecule has 0 saturated heterocycles. The molecule has 9 heteroatoms. The van der Waals surface area contributed by atoms with E-state index >= 15 is 0 Å². The minimum absolute atomic E-state index is 0.115. The lowest BCUT2D eigenvalue weighted by atomic mass is 10.1. The Labute approximate surface area is 207 Å². The van der Waals surface area contributed by atoms with Gasteiger partial charge in [-0.25, -0.2) is 13.3 Å². The van der Waals surface area contributed by atoms with Crippen molar-refractivity contribution in [3.63, 3.8) is 0 Å². The van der Waals surface area contributed by atoms with Crippen LogP contribution in [0.25, 0.3) is 0 Å². The van der Waals surface area contributed by atoms with Gasteiger partial charge in [0.2, 0.25) is 0 Å². The number of nitrogens with zero attached hydrogens (tertiary/aromatic N) is 1. The van der Waals surface area contributed by atoms with E-state index in [4.69, 9.17) is 0 Å². The highest BCUT2D eigenvalue weighted by atomic mass is 32.2. The maximum atomic E-state index is 13.1. The van der Waals surface area contributed by atoms with Gasteiger partial charge in [0.1, 0.15) is 0 Å². The number of carbonyl (C=O) groups excluding carboxylic acids is 3. The quantitative estimate of drug-likeness (QED) is 0.380. The van der Waals surface area contributed by atoms with Crippen LogP contribution in [0.15, 0.2) is 108 Å². The highest BCUT2D eigenvalue weighted by molar-refractivity contribution is 7.92. The van der Waals surface area contributed by atoms with E-state index in [9.17, 15) is 22.8 Å². The van der Waals surface area contributed by atoms with Gasteiger partial charge in [-0.1, -0.05) is 36.4 Å². The SMILES string of the molecule is O=C(Nc1ccc2c(c1)C(=O)N(c1ccc(NS(=O)(=O)c3ccccc3)cc1)C2=O)c1ccccc1. The molecule has 0 aliphatic carbocycles. The Morgan fingerprint density at radius 1 is 0.667 bits per heavy atom. The van der Waals surface area contributed by atoms with Crippen molar-refractivity contribution in [3.8, 4) is 0 Å². The van der Waals surface area contributed by atoms with Crippen LogP contribution in [-0.2, 0) is 10.0 Å². The monoisotopic (exact) mass is 497 g/mol. The number of amides is 3. The molecule has 5 rings (SSSR count). The molecule has 0 unspecified atom stereocenters. The fourth-order valence-corrected chi connectivity index (χ4v) is 4.92. The van der Waals surface area contributed by atoms with Gasteiger partial charge in [-0.2, -0.15) is 0 Å². The Bertz CT molecular complexity index is 1590. The van der Waals surface area contributed by atoms with E-state index in [-0.39, 0.29) is 27.6 Å². The Balaban J connectivity index is 1.34. The summed E-state index contributed by atoms with van der Waals surface area (Å²) in [7, 11) is -3.78. The van der Waals surface area contributed by atoms with Crippen molar-refractivity contribution in [2.24, 2.45) is 0 Å². The topological polar surface area (TPSA) is 113 Å². The molecule has 0 aromatic heterocycles. The number of hydrogen-bond donors (Lipinski definition) is 2. The zero-order valence-electron chi connectivity index (χ0n) is 18.7. The van der Waals surface area contributed by atoms with E-state index < -0.39 is 21.8 Å². The lowest BCUT2D eigenvalue weighted by Gasteiger charge is -2.15. The van der Waals surface area contributed by atoms with E-state index in [1.54, 1.807) is 54.6 Å². The minimum atomic E-state index is -3.78. The lowest BCUT2D eigenvalue weighted by Crippen LogP contribution is -2.29. The summed E-state index contributed by atoms with van der Waals surface area (Å²) in [6.45, 7) is 0. The lowest BCUT2D eigenvalue weighted by molar-refractivity contribution is 0.0924. The van der Waals surface area contributed by atoms with Gasteiger partial charge in [0.25, 0.3) is 27.7 Å². The van der Waals surface area contributed by atoms with Crippen LogP contribution in [-0.4, -0.2) is 26.1 Å². The molecule has 178 valence electrons. The molecule has 36 heavy (non-hydrogen) atoms. The fourth-order valence-electron chi connectivity index (χ4n) is 3.84. The Morgan fingerprint density at radius 3 is 1.92 bits per heavy atom. The van der Waals surface area contributed by atoms with Crippen LogP contribution in [0.4, 0.5) is 17.1 Å². The van der Waals surface area contributed by atoms with E-state index in [0.717, 1.165) is 4.90 Å². The van der Waals surface area contributed by atoms with Crippen molar-refractivity contribution in [1.29, 1.82) is 0 Å². The normalized spacial score (nSPS) is 12.8. The first-order chi connectivity index (χ1) is 17.3. The number of anilines is 3. The largest absolute Gasteiger partial charge is 0.322 e.